The van der Waals surface area contributed by atoms with Gasteiger partial charge in [-0.3, -0.25) is 9.36 Å². The lowest BCUT2D eigenvalue weighted by atomic mass is 10.1. The van der Waals surface area contributed by atoms with E-state index in [-0.39, 0.29) is 17.5 Å². The Kier molecular flexibility index (Phi) is 7.18. The molecule has 34 heavy (non-hydrogen) atoms. The molecule has 4 aromatic rings. The molecule has 0 spiro atoms. The van der Waals surface area contributed by atoms with Crippen LogP contribution in [0, 0.1) is 19.7 Å². The van der Waals surface area contributed by atoms with Crippen LogP contribution in [0.3, 0.4) is 0 Å². The number of benzene rings is 3. The molecule has 0 bridgehead atoms. The summed E-state index contributed by atoms with van der Waals surface area (Å²) in [5.41, 5.74) is 8.04. The van der Waals surface area contributed by atoms with Crippen LogP contribution in [0.2, 0.25) is 0 Å². The van der Waals surface area contributed by atoms with E-state index in [2.05, 4.69) is 20.7 Å². The van der Waals surface area contributed by atoms with Crippen molar-refractivity contribution in [1.29, 1.82) is 0 Å². The summed E-state index contributed by atoms with van der Waals surface area (Å²) in [5, 5.41) is 13.5. The standard InChI is InChI=1S/C26H24FN5OS/c1-17-4-8-21(9-5-17)25-30-31-26(32(25)23-14-6-18(2)7-15-23)34-16-24(33)29-28-19(3)20-10-12-22(27)13-11-20/h4-15H,16H2,1-3H3,(H,29,33). The normalized spacial score (nSPS) is 11.5. The van der Waals surface area contributed by atoms with Crippen LogP contribution in [-0.4, -0.2) is 32.1 Å². The van der Waals surface area contributed by atoms with Gasteiger partial charge in [0, 0.05) is 11.3 Å². The molecule has 0 saturated carbocycles. The number of halogens is 1. The molecule has 4 rings (SSSR count). The van der Waals surface area contributed by atoms with Gasteiger partial charge in [0.1, 0.15) is 5.82 Å². The fourth-order valence-corrected chi connectivity index (χ4v) is 3.99. The van der Waals surface area contributed by atoms with E-state index in [0.29, 0.717) is 16.7 Å². The van der Waals surface area contributed by atoms with E-state index < -0.39 is 0 Å². The van der Waals surface area contributed by atoms with Crippen molar-refractivity contribution in [2.24, 2.45) is 5.10 Å². The van der Waals surface area contributed by atoms with Gasteiger partial charge >= 0.3 is 0 Å². The molecule has 0 atom stereocenters. The fourth-order valence-electron chi connectivity index (χ4n) is 3.24. The van der Waals surface area contributed by atoms with Gasteiger partial charge in [0.05, 0.1) is 11.5 Å². The average molecular weight is 474 g/mol. The summed E-state index contributed by atoms with van der Waals surface area (Å²) in [4.78, 5) is 12.5. The Morgan fingerprint density at radius 2 is 1.56 bits per heavy atom. The Balaban J connectivity index is 1.52. The molecule has 1 heterocycles. The second kappa shape index (κ2) is 10.4. The first-order chi connectivity index (χ1) is 16.4. The quantitative estimate of drug-likeness (QED) is 0.224. The fraction of sp³-hybridized carbons (Fsp3) is 0.154. The van der Waals surface area contributed by atoms with E-state index >= 15 is 0 Å². The molecule has 6 nitrogen and oxygen atoms in total. The number of aromatic nitrogens is 3. The minimum absolute atomic E-state index is 0.109. The number of hydrogen-bond donors (Lipinski definition) is 1. The van der Waals surface area contributed by atoms with Gasteiger partial charge in [0.2, 0.25) is 0 Å². The van der Waals surface area contributed by atoms with Crippen LogP contribution in [0.25, 0.3) is 17.1 Å². The van der Waals surface area contributed by atoms with Crippen LogP contribution >= 0.6 is 11.8 Å². The molecule has 3 aromatic carbocycles. The highest BCUT2D eigenvalue weighted by atomic mass is 32.2. The van der Waals surface area contributed by atoms with Crippen molar-refractivity contribution in [3.63, 3.8) is 0 Å². The third-order valence-electron chi connectivity index (χ3n) is 5.18. The van der Waals surface area contributed by atoms with E-state index in [0.717, 1.165) is 27.9 Å². The molecular formula is C26H24FN5OS. The number of hydrazone groups is 1. The Hall–Kier alpha value is -3.78. The number of amides is 1. The number of carbonyl (C=O) groups is 1. The minimum Gasteiger partial charge on any atom is -0.272 e. The second-order valence-corrected chi connectivity index (χ2v) is 8.81. The van der Waals surface area contributed by atoms with Gasteiger partial charge in [-0.2, -0.15) is 5.10 Å². The summed E-state index contributed by atoms with van der Waals surface area (Å²) in [6.07, 6.45) is 0. The van der Waals surface area contributed by atoms with Crippen molar-refractivity contribution in [1.82, 2.24) is 20.2 Å². The predicted octanol–water partition coefficient (Wildman–Crippen LogP) is 5.32. The van der Waals surface area contributed by atoms with Crippen LogP contribution in [-0.2, 0) is 4.79 Å². The van der Waals surface area contributed by atoms with E-state index in [1.807, 2.05) is 66.9 Å². The summed E-state index contributed by atoms with van der Waals surface area (Å²) >= 11 is 1.28. The number of nitrogens with one attached hydrogen (secondary N) is 1. The van der Waals surface area contributed by atoms with Crippen LogP contribution in [0.5, 0.6) is 0 Å². The second-order valence-electron chi connectivity index (χ2n) is 7.87. The van der Waals surface area contributed by atoms with Gasteiger partial charge in [-0.1, -0.05) is 71.4 Å². The summed E-state index contributed by atoms with van der Waals surface area (Å²) in [7, 11) is 0. The van der Waals surface area contributed by atoms with Crippen LogP contribution < -0.4 is 5.43 Å². The van der Waals surface area contributed by atoms with Gasteiger partial charge < -0.3 is 0 Å². The lowest BCUT2D eigenvalue weighted by Gasteiger charge is -2.11. The SMILES string of the molecule is CC(=NNC(=O)CSc1nnc(-c2ccc(C)cc2)n1-c1ccc(C)cc1)c1ccc(F)cc1. The maximum Gasteiger partial charge on any atom is 0.250 e. The Labute approximate surface area is 201 Å². The molecule has 0 aliphatic rings. The van der Waals surface area contributed by atoms with Crippen LogP contribution in [0.4, 0.5) is 4.39 Å². The molecule has 1 amide bonds. The highest BCUT2D eigenvalue weighted by Crippen LogP contribution is 2.28. The third kappa shape index (κ3) is 5.58. The lowest BCUT2D eigenvalue weighted by Crippen LogP contribution is -2.21. The summed E-state index contributed by atoms with van der Waals surface area (Å²) in [5.74, 6) is 0.219. The van der Waals surface area contributed by atoms with Crippen molar-refractivity contribution in [3.8, 4) is 17.1 Å². The first-order valence-electron chi connectivity index (χ1n) is 10.7. The zero-order chi connectivity index (χ0) is 24.1. The van der Waals surface area contributed by atoms with Gasteiger partial charge in [-0.05, 0) is 50.6 Å². The van der Waals surface area contributed by atoms with Crippen molar-refractivity contribution >= 4 is 23.4 Å². The number of nitrogens with zero attached hydrogens (tertiary/aromatic N) is 4. The number of thioether (sulfide) groups is 1. The molecule has 1 aromatic heterocycles. The average Bonchev–Trinajstić information content (AvgIpc) is 3.26. The molecular weight excluding hydrogens is 449 g/mol. The highest BCUT2D eigenvalue weighted by Gasteiger charge is 2.17. The number of hydrogen-bond acceptors (Lipinski definition) is 5. The van der Waals surface area contributed by atoms with Crippen molar-refractivity contribution in [2.45, 2.75) is 25.9 Å². The summed E-state index contributed by atoms with van der Waals surface area (Å²) in [6.45, 7) is 5.82. The van der Waals surface area contributed by atoms with Crippen LogP contribution in [0.15, 0.2) is 83.1 Å². The lowest BCUT2D eigenvalue weighted by molar-refractivity contribution is -0.118. The van der Waals surface area contributed by atoms with Crippen molar-refractivity contribution < 1.29 is 9.18 Å². The van der Waals surface area contributed by atoms with Crippen molar-refractivity contribution in [3.05, 3.63) is 95.3 Å². The van der Waals surface area contributed by atoms with Gasteiger partial charge in [0.25, 0.3) is 5.91 Å². The van der Waals surface area contributed by atoms with Gasteiger partial charge in [0.15, 0.2) is 11.0 Å². The molecule has 0 saturated heterocycles. The van der Waals surface area contributed by atoms with Crippen LogP contribution in [0.1, 0.15) is 23.6 Å². The minimum atomic E-state index is -0.320. The molecule has 0 aliphatic heterocycles. The maximum absolute atomic E-state index is 13.1. The zero-order valence-electron chi connectivity index (χ0n) is 19.1. The molecule has 0 radical (unpaired) electrons. The molecule has 0 fully saturated rings. The number of carbonyl (C=O) groups excluding carboxylic acids is 1. The Morgan fingerprint density at radius 3 is 2.21 bits per heavy atom. The summed E-state index contributed by atoms with van der Waals surface area (Å²) in [6, 6.07) is 22.1. The first kappa shape index (κ1) is 23.4. The molecule has 0 aliphatic carbocycles. The molecule has 8 heteroatoms. The van der Waals surface area contributed by atoms with Gasteiger partial charge in [-0.15, -0.1) is 10.2 Å². The number of rotatable bonds is 7. The molecule has 1 N–H and O–H groups in total. The predicted molar refractivity (Wildman–Crippen MR) is 134 cm³/mol. The van der Waals surface area contributed by atoms with Crippen molar-refractivity contribution in [2.75, 3.05) is 5.75 Å². The zero-order valence-corrected chi connectivity index (χ0v) is 19.9. The van der Waals surface area contributed by atoms with E-state index in [1.165, 1.54) is 23.9 Å². The largest absolute Gasteiger partial charge is 0.272 e. The monoisotopic (exact) mass is 473 g/mol. The van der Waals surface area contributed by atoms with E-state index in [1.54, 1.807) is 19.1 Å². The smallest absolute Gasteiger partial charge is 0.250 e. The highest BCUT2D eigenvalue weighted by molar-refractivity contribution is 7.99. The van der Waals surface area contributed by atoms with E-state index in [9.17, 15) is 9.18 Å². The van der Waals surface area contributed by atoms with Gasteiger partial charge in [-0.25, -0.2) is 9.82 Å². The number of aryl methyl sites for hydroxylation is 2. The topological polar surface area (TPSA) is 72.2 Å². The molecule has 0 unspecified atom stereocenters. The van der Waals surface area contributed by atoms with E-state index in [4.69, 9.17) is 0 Å². The maximum atomic E-state index is 13.1. The first-order valence-corrected chi connectivity index (χ1v) is 11.7. The summed E-state index contributed by atoms with van der Waals surface area (Å²) < 4.78 is 15.1. The molecule has 172 valence electrons. The Bertz CT molecular complexity index is 1310. The Morgan fingerprint density at radius 1 is 0.941 bits per heavy atom. The third-order valence-corrected chi connectivity index (χ3v) is 6.11.